The van der Waals surface area contributed by atoms with Crippen molar-refractivity contribution in [1.29, 1.82) is 0 Å². The highest BCUT2D eigenvalue weighted by Gasteiger charge is 2.20. The summed E-state index contributed by atoms with van der Waals surface area (Å²) in [4.78, 5) is 12.5. The van der Waals surface area contributed by atoms with E-state index in [9.17, 15) is 4.79 Å². The van der Waals surface area contributed by atoms with E-state index in [1.807, 2.05) is 42.6 Å². The van der Waals surface area contributed by atoms with Crippen LogP contribution in [-0.2, 0) is 0 Å². The SMILES string of the molecule is O=C(Nc1ccccc1Br)c1cccn1C1CCNCC1. The van der Waals surface area contributed by atoms with E-state index in [2.05, 4.69) is 31.1 Å². The Morgan fingerprint density at radius 3 is 2.71 bits per heavy atom. The first kappa shape index (κ1) is 14.4. The third-order valence-electron chi connectivity index (χ3n) is 3.84. The summed E-state index contributed by atoms with van der Waals surface area (Å²) in [5, 5.41) is 6.32. The number of hydrogen-bond acceptors (Lipinski definition) is 2. The van der Waals surface area contributed by atoms with Crippen molar-refractivity contribution in [2.45, 2.75) is 18.9 Å². The highest BCUT2D eigenvalue weighted by molar-refractivity contribution is 9.10. The molecule has 5 heteroatoms. The number of nitrogens with zero attached hydrogens (tertiary/aromatic N) is 1. The summed E-state index contributed by atoms with van der Waals surface area (Å²) in [6.45, 7) is 2.02. The Morgan fingerprint density at radius 2 is 1.95 bits per heavy atom. The molecule has 1 aromatic heterocycles. The van der Waals surface area contributed by atoms with E-state index >= 15 is 0 Å². The van der Waals surface area contributed by atoms with E-state index in [-0.39, 0.29) is 5.91 Å². The smallest absolute Gasteiger partial charge is 0.272 e. The van der Waals surface area contributed by atoms with Gasteiger partial charge in [-0.1, -0.05) is 12.1 Å². The Morgan fingerprint density at radius 1 is 1.19 bits per heavy atom. The number of hydrogen-bond donors (Lipinski definition) is 2. The second kappa shape index (κ2) is 6.45. The van der Waals surface area contributed by atoms with Crippen LogP contribution >= 0.6 is 15.9 Å². The number of aromatic nitrogens is 1. The van der Waals surface area contributed by atoms with Gasteiger partial charge >= 0.3 is 0 Å². The molecule has 21 heavy (non-hydrogen) atoms. The van der Waals surface area contributed by atoms with Crippen LogP contribution in [0.2, 0.25) is 0 Å². The second-order valence-corrected chi connectivity index (χ2v) is 6.07. The average Bonchev–Trinajstić information content (AvgIpc) is 3.00. The van der Waals surface area contributed by atoms with Crippen molar-refractivity contribution < 1.29 is 4.79 Å². The molecule has 0 saturated carbocycles. The number of halogens is 1. The summed E-state index contributed by atoms with van der Waals surface area (Å²) in [5.74, 6) is -0.0644. The Kier molecular flexibility index (Phi) is 4.41. The molecule has 2 N–H and O–H groups in total. The lowest BCUT2D eigenvalue weighted by Gasteiger charge is -2.26. The molecular weight excluding hydrogens is 330 g/mol. The lowest BCUT2D eigenvalue weighted by atomic mass is 10.1. The molecule has 0 radical (unpaired) electrons. The lowest BCUT2D eigenvalue weighted by molar-refractivity contribution is 0.101. The minimum atomic E-state index is -0.0644. The predicted molar refractivity (Wildman–Crippen MR) is 87.7 cm³/mol. The van der Waals surface area contributed by atoms with Crippen LogP contribution in [0.25, 0.3) is 0 Å². The van der Waals surface area contributed by atoms with E-state index in [1.165, 1.54) is 0 Å². The van der Waals surface area contributed by atoms with Crippen molar-refractivity contribution in [3.05, 3.63) is 52.8 Å². The van der Waals surface area contributed by atoms with Crippen molar-refractivity contribution in [3.8, 4) is 0 Å². The third kappa shape index (κ3) is 3.19. The molecule has 2 aromatic rings. The highest BCUT2D eigenvalue weighted by Crippen LogP contribution is 2.24. The first-order valence-electron chi connectivity index (χ1n) is 7.19. The molecule has 0 atom stereocenters. The molecule has 0 bridgehead atoms. The maximum atomic E-state index is 12.5. The van der Waals surface area contributed by atoms with Gasteiger partial charge in [0.15, 0.2) is 0 Å². The number of carbonyl (C=O) groups excluding carboxylic acids is 1. The Labute approximate surface area is 132 Å². The van der Waals surface area contributed by atoms with Gasteiger partial charge < -0.3 is 15.2 Å². The molecule has 1 aromatic carbocycles. The standard InChI is InChI=1S/C16H18BrN3O/c17-13-4-1-2-5-14(13)19-16(21)15-6-3-11-20(15)12-7-9-18-10-8-12/h1-6,11-12,18H,7-10H2,(H,19,21). The first-order chi connectivity index (χ1) is 10.3. The number of anilines is 1. The maximum absolute atomic E-state index is 12.5. The minimum absolute atomic E-state index is 0.0644. The summed E-state index contributed by atoms with van der Waals surface area (Å²) in [6, 6.07) is 11.9. The van der Waals surface area contributed by atoms with Crippen molar-refractivity contribution in [2.24, 2.45) is 0 Å². The molecule has 1 fully saturated rings. The maximum Gasteiger partial charge on any atom is 0.272 e. The molecule has 110 valence electrons. The molecule has 1 amide bonds. The van der Waals surface area contributed by atoms with Gasteiger partial charge in [-0.3, -0.25) is 4.79 Å². The van der Waals surface area contributed by atoms with Crippen LogP contribution in [0.15, 0.2) is 47.1 Å². The Hall–Kier alpha value is -1.59. The van der Waals surface area contributed by atoms with Crippen LogP contribution in [0.3, 0.4) is 0 Å². The van der Waals surface area contributed by atoms with Crippen molar-refractivity contribution in [2.75, 3.05) is 18.4 Å². The monoisotopic (exact) mass is 347 g/mol. The summed E-state index contributed by atoms with van der Waals surface area (Å²) in [5.41, 5.74) is 1.51. The molecule has 2 heterocycles. The number of rotatable bonds is 3. The molecule has 0 unspecified atom stereocenters. The normalized spacial score (nSPS) is 15.9. The number of benzene rings is 1. The number of nitrogens with one attached hydrogen (secondary N) is 2. The van der Waals surface area contributed by atoms with Gasteiger partial charge in [-0.15, -0.1) is 0 Å². The van der Waals surface area contributed by atoms with Gasteiger partial charge in [0.25, 0.3) is 5.91 Å². The molecule has 1 aliphatic rings. The van der Waals surface area contributed by atoms with Crippen LogP contribution in [0.4, 0.5) is 5.69 Å². The third-order valence-corrected chi connectivity index (χ3v) is 4.53. The lowest BCUT2D eigenvalue weighted by Crippen LogP contribution is -2.31. The number of amides is 1. The van der Waals surface area contributed by atoms with Crippen molar-refractivity contribution in [3.63, 3.8) is 0 Å². The van der Waals surface area contributed by atoms with Crippen LogP contribution in [0, 0.1) is 0 Å². The van der Waals surface area contributed by atoms with Crippen LogP contribution < -0.4 is 10.6 Å². The molecule has 1 aliphatic heterocycles. The molecule has 0 aliphatic carbocycles. The summed E-state index contributed by atoms with van der Waals surface area (Å²) >= 11 is 3.45. The van der Waals surface area contributed by atoms with Crippen LogP contribution in [0.1, 0.15) is 29.4 Å². The summed E-state index contributed by atoms with van der Waals surface area (Å²) < 4.78 is 2.99. The summed E-state index contributed by atoms with van der Waals surface area (Å²) in [6.07, 6.45) is 4.12. The second-order valence-electron chi connectivity index (χ2n) is 5.22. The van der Waals surface area contributed by atoms with Gasteiger partial charge in [-0.25, -0.2) is 0 Å². The van der Waals surface area contributed by atoms with Gasteiger partial charge in [0.1, 0.15) is 5.69 Å². The molecule has 1 saturated heterocycles. The van der Waals surface area contributed by atoms with E-state index in [0.717, 1.165) is 41.8 Å². The van der Waals surface area contributed by atoms with Gasteiger partial charge in [-0.05, 0) is 66.1 Å². The molecular formula is C16H18BrN3O. The topological polar surface area (TPSA) is 46.1 Å². The first-order valence-corrected chi connectivity index (χ1v) is 7.98. The van der Waals surface area contributed by atoms with E-state index in [1.54, 1.807) is 0 Å². The van der Waals surface area contributed by atoms with Gasteiger partial charge in [0, 0.05) is 16.7 Å². The highest BCUT2D eigenvalue weighted by atomic mass is 79.9. The van der Waals surface area contributed by atoms with Gasteiger partial charge in [-0.2, -0.15) is 0 Å². The molecule has 3 rings (SSSR count). The molecule has 0 spiro atoms. The zero-order chi connectivity index (χ0) is 14.7. The Balaban J connectivity index is 1.79. The average molecular weight is 348 g/mol. The Bertz CT molecular complexity index is 632. The van der Waals surface area contributed by atoms with Crippen molar-refractivity contribution >= 4 is 27.5 Å². The molecule has 4 nitrogen and oxygen atoms in total. The van der Waals surface area contributed by atoms with Crippen molar-refractivity contribution in [1.82, 2.24) is 9.88 Å². The summed E-state index contributed by atoms with van der Waals surface area (Å²) in [7, 11) is 0. The van der Waals surface area contributed by atoms with E-state index < -0.39 is 0 Å². The largest absolute Gasteiger partial charge is 0.340 e. The predicted octanol–water partition coefficient (Wildman–Crippen LogP) is 3.43. The number of para-hydroxylation sites is 1. The fourth-order valence-electron chi connectivity index (χ4n) is 2.74. The van der Waals surface area contributed by atoms with Crippen LogP contribution in [-0.4, -0.2) is 23.6 Å². The van der Waals surface area contributed by atoms with Crippen LogP contribution in [0.5, 0.6) is 0 Å². The van der Waals surface area contributed by atoms with E-state index in [0.29, 0.717) is 6.04 Å². The zero-order valence-electron chi connectivity index (χ0n) is 11.7. The van der Waals surface area contributed by atoms with E-state index in [4.69, 9.17) is 0 Å². The van der Waals surface area contributed by atoms with Gasteiger partial charge in [0.05, 0.1) is 5.69 Å². The fourth-order valence-corrected chi connectivity index (χ4v) is 3.12. The van der Waals surface area contributed by atoms with Gasteiger partial charge in [0.2, 0.25) is 0 Å². The fraction of sp³-hybridized carbons (Fsp3) is 0.312. The number of carbonyl (C=O) groups is 1. The zero-order valence-corrected chi connectivity index (χ0v) is 13.3. The number of piperidine rings is 1. The quantitative estimate of drug-likeness (QED) is 0.893. The minimum Gasteiger partial charge on any atom is -0.340 e.